The Morgan fingerprint density at radius 2 is 2.10 bits per heavy atom. The lowest BCUT2D eigenvalue weighted by atomic mass is 10.2. The molecule has 0 radical (unpaired) electrons. The molecule has 0 spiro atoms. The summed E-state index contributed by atoms with van der Waals surface area (Å²) in [6.07, 6.45) is 3.12. The Kier molecular flexibility index (Phi) is 3.51. The summed E-state index contributed by atoms with van der Waals surface area (Å²) in [5.74, 6) is 0.360. The molecule has 6 heteroatoms. The quantitative estimate of drug-likeness (QED) is 0.783. The van der Waals surface area contributed by atoms with E-state index in [1.165, 1.54) is 6.26 Å². The number of hydrogen-bond donors (Lipinski definition) is 1. The molecule has 1 N–H and O–H groups in total. The van der Waals surface area contributed by atoms with Gasteiger partial charge >= 0.3 is 0 Å². The van der Waals surface area contributed by atoms with Gasteiger partial charge in [0.15, 0.2) is 0 Å². The Labute approximate surface area is 120 Å². The zero-order chi connectivity index (χ0) is 14.7. The van der Waals surface area contributed by atoms with Crippen LogP contribution in [0.4, 0.5) is 0 Å². The molecule has 0 saturated heterocycles. The Morgan fingerprint density at radius 1 is 1.24 bits per heavy atom. The maximum Gasteiger partial charge on any atom is 0.275 e. The predicted molar refractivity (Wildman–Crippen MR) is 76.6 cm³/mol. The van der Waals surface area contributed by atoms with Crippen molar-refractivity contribution in [2.75, 3.05) is 0 Å². The van der Waals surface area contributed by atoms with E-state index in [2.05, 4.69) is 10.4 Å². The molecule has 3 rings (SSSR count). The molecule has 0 aliphatic carbocycles. The van der Waals surface area contributed by atoms with Crippen LogP contribution in [-0.2, 0) is 17.9 Å². The first kappa shape index (κ1) is 13.1. The van der Waals surface area contributed by atoms with Gasteiger partial charge in [-0.2, -0.15) is 5.10 Å². The van der Waals surface area contributed by atoms with Crippen molar-refractivity contribution in [2.24, 2.45) is 0 Å². The van der Waals surface area contributed by atoms with Gasteiger partial charge in [0.2, 0.25) is 5.91 Å². The summed E-state index contributed by atoms with van der Waals surface area (Å²) in [5, 5.41) is 7.99. The van der Waals surface area contributed by atoms with Crippen LogP contribution in [0.25, 0.3) is 10.8 Å². The van der Waals surface area contributed by atoms with E-state index < -0.39 is 0 Å². The second-order valence-electron chi connectivity index (χ2n) is 4.55. The highest BCUT2D eigenvalue weighted by atomic mass is 16.3. The minimum atomic E-state index is -0.295. The van der Waals surface area contributed by atoms with Gasteiger partial charge in [-0.25, -0.2) is 4.68 Å². The predicted octanol–water partition coefficient (Wildman–Crippen LogP) is 1.31. The largest absolute Gasteiger partial charge is 0.467 e. The molecule has 2 heterocycles. The number of amides is 1. The van der Waals surface area contributed by atoms with Gasteiger partial charge in [-0.15, -0.1) is 0 Å². The van der Waals surface area contributed by atoms with Crippen molar-refractivity contribution in [3.63, 3.8) is 0 Å². The third-order valence-electron chi connectivity index (χ3n) is 3.10. The highest BCUT2D eigenvalue weighted by Crippen LogP contribution is 2.06. The van der Waals surface area contributed by atoms with Gasteiger partial charge in [0.05, 0.1) is 24.4 Å². The van der Waals surface area contributed by atoms with E-state index in [1.54, 1.807) is 30.5 Å². The molecule has 1 aromatic carbocycles. The fraction of sp³-hybridized carbons (Fsp3) is 0.133. The summed E-state index contributed by atoms with van der Waals surface area (Å²) in [6.45, 7) is 0.165. The molecular weight excluding hydrogens is 270 g/mol. The van der Waals surface area contributed by atoms with Crippen LogP contribution in [0.3, 0.4) is 0 Å². The average Bonchev–Trinajstić information content (AvgIpc) is 3.02. The number of nitrogens with one attached hydrogen (secondary N) is 1. The van der Waals surface area contributed by atoms with Crippen LogP contribution in [0.15, 0.2) is 58.1 Å². The van der Waals surface area contributed by atoms with Gasteiger partial charge in [0.1, 0.15) is 12.3 Å². The highest BCUT2D eigenvalue weighted by Gasteiger charge is 2.08. The van der Waals surface area contributed by atoms with E-state index in [0.29, 0.717) is 11.1 Å². The third-order valence-corrected chi connectivity index (χ3v) is 3.10. The SMILES string of the molecule is O=C(Cn1ncc2ccccc2c1=O)NCc1ccco1. The number of furan rings is 1. The van der Waals surface area contributed by atoms with E-state index in [-0.39, 0.29) is 24.6 Å². The topological polar surface area (TPSA) is 77.1 Å². The third kappa shape index (κ3) is 2.84. The van der Waals surface area contributed by atoms with Gasteiger partial charge in [0.25, 0.3) is 5.56 Å². The highest BCUT2D eigenvalue weighted by molar-refractivity contribution is 5.81. The number of carbonyl (C=O) groups excluding carboxylic acids is 1. The number of nitrogens with zero attached hydrogens (tertiary/aromatic N) is 2. The number of hydrogen-bond acceptors (Lipinski definition) is 4. The van der Waals surface area contributed by atoms with Gasteiger partial charge in [-0.05, 0) is 18.2 Å². The van der Waals surface area contributed by atoms with Crippen molar-refractivity contribution >= 4 is 16.7 Å². The zero-order valence-electron chi connectivity index (χ0n) is 11.2. The molecule has 2 aromatic heterocycles. The molecule has 0 saturated carbocycles. The molecule has 1 amide bonds. The molecule has 0 bridgehead atoms. The first-order valence-corrected chi connectivity index (χ1v) is 6.48. The number of carbonyl (C=O) groups is 1. The molecule has 0 fully saturated rings. The maximum atomic E-state index is 12.2. The van der Waals surface area contributed by atoms with Gasteiger partial charge in [-0.3, -0.25) is 9.59 Å². The molecule has 0 unspecified atom stereocenters. The van der Waals surface area contributed by atoms with Crippen LogP contribution < -0.4 is 10.9 Å². The van der Waals surface area contributed by atoms with E-state index in [1.807, 2.05) is 12.1 Å². The summed E-state index contributed by atoms with van der Waals surface area (Å²) in [7, 11) is 0. The summed E-state index contributed by atoms with van der Waals surface area (Å²) >= 11 is 0. The van der Waals surface area contributed by atoms with Crippen molar-refractivity contribution in [2.45, 2.75) is 13.1 Å². The Bertz CT molecular complexity index is 822. The summed E-state index contributed by atoms with van der Waals surface area (Å²) in [6, 6.07) is 10.7. The van der Waals surface area contributed by atoms with Crippen molar-refractivity contribution in [1.82, 2.24) is 15.1 Å². The Balaban J connectivity index is 1.74. The van der Waals surface area contributed by atoms with Crippen molar-refractivity contribution in [3.05, 3.63) is 65.0 Å². The number of aromatic nitrogens is 2. The van der Waals surface area contributed by atoms with Crippen molar-refractivity contribution in [3.8, 4) is 0 Å². The minimum Gasteiger partial charge on any atom is -0.467 e. The fourth-order valence-electron chi connectivity index (χ4n) is 2.03. The van der Waals surface area contributed by atoms with Crippen LogP contribution in [0.5, 0.6) is 0 Å². The Morgan fingerprint density at radius 3 is 2.90 bits per heavy atom. The first-order valence-electron chi connectivity index (χ1n) is 6.48. The van der Waals surface area contributed by atoms with Crippen LogP contribution in [-0.4, -0.2) is 15.7 Å². The van der Waals surface area contributed by atoms with Crippen LogP contribution in [0, 0.1) is 0 Å². The van der Waals surface area contributed by atoms with Crippen LogP contribution in [0.1, 0.15) is 5.76 Å². The molecule has 0 atom stereocenters. The second-order valence-corrected chi connectivity index (χ2v) is 4.55. The minimum absolute atomic E-state index is 0.121. The van der Waals surface area contributed by atoms with Crippen molar-refractivity contribution in [1.29, 1.82) is 0 Å². The Hall–Kier alpha value is -2.89. The van der Waals surface area contributed by atoms with Crippen LogP contribution >= 0.6 is 0 Å². The summed E-state index contributed by atoms with van der Waals surface area (Å²) < 4.78 is 6.27. The summed E-state index contributed by atoms with van der Waals surface area (Å²) in [4.78, 5) is 24.0. The van der Waals surface area contributed by atoms with Crippen molar-refractivity contribution < 1.29 is 9.21 Å². The first-order chi connectivity index (χ1) is 10.2. The van der Waals surface area contributed by atoms with Gasteiger partial charge in [-0.1, -0.05) is 18.2 Å². The molecule has 21 heavy (non-hydrogen) atoms. The maximum absolute atomic E-state index is 12.2. The lowest BCUT2D eigenvalue weighted by Crippen LogP contribution is -2.33. The average molecular weight is 283 g/mol. The lowest BCUT2D eigenvalue weighted by Gasteiger charge is -2.06. The molecule has 106 valence electrons. The van der Waals surface area contributed by atoms with E-state index in [4.69, 9.17) is 4.42 Å². The van der Waals surface area contributed by atoms with Crippen LogP contribution in [0.2, 0.25) is 0 Å². The molecular formula is C15H13N3O3. The number of benzene rings is 1. The lowest BCUT2D eigenvalue weighted by molar-refractivity contribution is -0.122. The molecule has 0 aliphatic heterocycles. The van der Waals surface area contributed by atoms with E-state index in [0.717, 1.165) is 10.1 Å². The smallest absolute Gasteiger partial charge is 0.275 e. The normalized spacial score (nSPS) is 10.7. The molecule has 3 aromatic rings. The summed E-state index contributed by atoms with van der Waals surface area (Å²) in [5.41, 5.74) is -0.277. The molecule has 0 aliphatic rings. The molecule has 6 nitrogen and oxygen atoms in total. The standard InChI is InChI=1S/C15H13N3O3/c19-14(16-9-12-5-3-7-21-12)10-18-15(20)13-6-2-1-4-11(13)8-17-18/h1-8H,9-10H2,(H,16,19). The number of fused-ring (bicyclic) bond motifs is 1. The monoisotopic (exact) mass is 283 g/mol. The number of rotatable bonds is 4. The second kappa shape index (κ2) is 5.62. The van der Waals surface area contributed by atoms with E-state index in [9.17, 15) is 9.59 Å². The van der Waals surface area contributed by atoms with Gasteiger partial charge < -0.3 is 9.73 Å². The fourth-order valence-corrected chi connectivity index (χ4v) is 2.03. The van der Waals surface area contributed by atoms with Gasteiger partial charge in [0, 0.05) is 5.39 Å². The zero-order valence-corrected chi connectivity index (χ0v) is 11.2. The van der Waals surface area contributed by atoms with E-state index >= 15 is 0 Å².